The molecule has 1 N–H and O–H groups in total. The van der Waals surface area contributed by atoms with Crippen molar-refractivity contribution in [1.82, 2.24) is 4.31 Å². The van der Waals surface area contributed by atoms with Gasteiger partial charge in [-0.05, 0) is 30.0 Å². The zero-order valence-corrected chi connectivity index (χ0v) is 14.9. The molecule has 1 aromatic rings. The normalized spacial score (nSPS) is 19.9. The first kappa shape index (κ1) is 17.9. The minimum Gasteiger partial charge on any atom is -0.319 e. The van der Waals surface area contributed by atoms with Gasteiger partial charge in [0.1, 0.15) is 6.07 Å². The first-order valence-electron chi connectivity index (χ1n) is 8.24. The van der Waals surface area contributed by atoms with Gasteiger partial charge in [0.15, 0.2) is 6.04 Å². The lowest BCUT2D eigenvalue weighted by molar-refractivity contribution is -0.918. The molecule has 1 saturated heterocycles. The maximum Gasteiger partial charge on any atom is 0.243 e. The Morgan fingerprint density at radius 3 is 2.26 bits per heavy atom. The monoisotopic (exact) mass is 336 g/mol. The van der Waals surface area contributed by atoms with E-state index in [0.29, 0.717) is 37.0 Å². The summed E-state index contributed by atoms with van der Waals surface area (Å²) in [5.74, 6) is 0.436. The predicted octanol–water partition coefficient (Wildman–Crippen LogP) is 1.00. The molecule has 2 atom stereocenters. The summed E-state index contributed by atoms with van der Waals surface area (Å²) < 4.78 is 27.0. The molecule has 0 unspecified atom stereocenters. The molecule has 6 heteroatoms. The summed E-state index contributed by atoms with van der Waals surface area (Å²) in [4.78, 5) is 1.52. The Morgan fingerprint density at radius 2 is 1.78 bits per heavy atom. The summed E-state index contributed by atoms with van der Waals surface area (Å²) in [5, 5.41) is 8.98. The third-order valence-corrected chi connectivity index (χ3v) is 6.78. The van der Waals surface area contributed by atoms with Crippen LogP contribution in [0.1, 0.15) is 38.7 Å². The van der Waals surface area contributed by atoms with Crippen molar-refractivity contribution in [2.45, 2.75) is 44.0 Å². The standard InChI is InChI=1S/C17H25N3O2S/c1-4-14(2)16-5-7-17(8-6-16)23(21,22)20-11-9-19(10-12-20)15(3)13-18/h5-8,14-15H,4,9-12H2,1-3H3/p+1/t14-,15+/m0/s1. The van der Waals surface area contributed by atoms with Crippen molar-refractivity contribution in [3.05, 3.63) is 29.8 Å². The summed E-state index contributed by atoms with van der Waals surface area (Å²) in [7, 11) is -3.43. The summed E-state index contributed by atoms with van der Waals surface area (Å²) in [5.41, 5.74) is 1.17. The fraction of sp³-hybridized carbons (Fsp3) is 0.588. The molecule has 5 nitrogen and oxygen atoms in total. The highest BCUT2D eigenvalue weighted by Crippen LogP contribution is 2.22. The second-order valence-corrected chi connectivity index (χ2v) is 8.23. The van der Waals surface area contributed by atoms with Gasteiger partial charge in [0, 0.05) is 6.92 Å². The van der Waals surface area contributed by atoms with E-state index in [1.807, 2.05) is 19.1 Å². The molecule has 0 saturated carbocycles. The van der Waals surface area contributed by atoms with Gasteiger partial charge < -0.3 is 4.90 Å². The third-order valence-electron chi connectivity index (χ3n) is 4.87. The van der Waals surface area contributed by atoms with Crippen LogP contribution >= 0.6 is 0 Å². The van der Waals surface area contributed by atoms with Crippen molar-refractivity contribution in [1.29, 1.82) is 5.26 Å². The molecule has 1 fully saturated rings. The lowest BCUT2D eigenvalue weighted by atomic mass is 9.99. The minimum absolute atomic E-state index is 0.0883. The largest absolute Gasteiger partial charge is 0.319 e. The number of piperazine rings is 1. The predicted molar refractivity (Wildman–Crippen MR) is 89.7 cm³/mol. The maximum absolute atomic E-state index is 12.7. The van der Waals surface area contributed by atoms with Crippen molar-refractivity contribution in [2.75, 3.05) is 26.2 Å². The minimum atomic E-state index is -3.43. The fourth-order valence-corrected chi connectivity index (χ4v) is 4.33. The molecule has 126 valence electrons. The number of benzene rings is 1. The molecule has 1 aliphatic rings. The van der Waals surface area contributed by atoms with Crippen LogP contribution in [-0.2, 0) is 10.0 Å². The average molecular weight is 336 g/mol. The van der Waals surface area contributed by atoms with E-state index in [-0.39, 0.29) is 6.04 Å². The molecule has 1 heterocycles. The average Bonchev–Trinajstić information content (AvgIpc) is 2.60. The molecular formula is C17H26N3O2S+. The van der Waals surface area contributed by atoms with Crippen molar-refractivity contribution < 1.29 is 13.3 Å². The number of nitrogens with one attached hydrogen (secondary N) is 1. The van der Waals surface area contributed by atoms with E-state index in [0.717, 1.165) is 11.3 Å². The van der Waals surface area contributed by atoms with E-state index < -0.39 is 10.0 Å². The van der Waals surface area contributed by atoms with Crippen LogP contribution in [0.4, 0.5) is 0 Å². The SMILES string of the molecule is CC[C@H](C)c1ccc(S(=O)(=O)N2CC[NH+]([C@H](C)C#N)CC2)cc1. The van der Waals surface area contributed by atoms with E-state index >= 15 is 0 Å². The molecule has 1 aliphatic heterocycles. The summed E-state index contributed by atoms with van der Waals surface area (Å²) in [6, 6.07) is 9.42. The van der Waals surface area contributed by atoms with Gasteiger partial charge in [0.25, 0.3) is 0 Å². The van der Waals surface area contributed by atoms with Crippen molar-refractivity contribution in [3.63, 3.8) is 0 Å². The van der Waals surface area contributed by atoms with Crippen LogP contribution in [-0.4, -0.2) is 44.9 Å². The van der Waals surface area contributed by atoms with Crippen LogP contribution in [0, 0.1) is 11.3 Å². The number of hydrogen-bond donors (Lipinski definition) is 1. The Balaban J connectivity index is 2.09. The lowest BCUT2D eigenvalue weighted by Crippen LogP contribution is -3.17. The fourth-order valence-electron chi connectivity index (χ4n) is 2.89. The van der Waals surface area contributed by atoms with Gasteiger partial charge in [0.05, 0.1) is 31.1 Å². The molecule has 0 aliphatic carbocycles. The summed E-state index contributed by atoms with van der Waals surface area (Å²) >= 11 is 0. The zero-order valence-electron chi connectivity index (χ0n) is 14.1. The second kappa shape index (κ2) is 7.43. The number of sulfonamides is 1. The first-order valence-corrected chi connectivity index (χ1v) is 9.68. The van der Waals surface area contributed by atoms with Gasteiger partial charge in [-0.15, -0.1) is 0 Å². The van der Waals surface area contributed by atoms with Gasteiger partial charge in [0.2, 0.25) is 10.0 Å². The maximum atomic E-state index is 12.7. The Bertz CT molecular complexity index is 656. The van der Waals surface area contributed by atoms with Gasteiger partial charge >= 0.3 is 0 Å². The van der Waals surface area contributed by atoms with Gasteiger partial charge in [-0.2, -0.15) is 9.57 Å². The number of nitrogens with zero attached hydrogens (tertiary/aromatic N) is 2. The first-order chi connectivity index (χ1) is 10.9. The quantitative estimate of drug-likeness (QED) is 0.872. The van der Waals surface area contributed by atoms with Crippen LogP contribution in [0.3, 0.4) is 0 Å². The summed E-state index contributed by atoms with van der Waals surface area (Å²) in [6.07, 6.45) is 1.04. The highest BCUT2D eigenvalue weighted by atomic mass is 32.2. The van der Waals surface area contributed by atoms with E-state index in [1.165, 1.54) is 5.56 Å². The van der Waals surface area contributed by atoms with Crippen LogP contribution < -0.4 is 4.90 Å². The smallest absolute Gasteiger partial charge is 0.243 e. The summed E-state index contributed by atoms with van der Waals surface area (Å²) in [6.45, 7) is 8.44. The van der Waals surface area contributed by atoms with E-state index in [4.69, 9.17) is 5.26 Å². The Labute approximate surface area is 139 Å². The molecule has 0 aromatic heterocycles. The second-order valence-electron chi connectivity index (χ2n) is 6.29. The van der Waals surface area contributed by atoms with Crippen LogP contribution in [0.5, 0.6) is 0 Å². The highest BCUT2D eigenvalue weighted by molar-refractivity contribution is 7.89. The van der Waals surface area contributed by atoms with E-state index in [9.17, 15) is 8.42 Å². The molecule has 0 radical (unpaired) electrons. The van der Waals surface area contributed by atoms with Crippen molar-refractivity contribution in [2.24, 2.45) is 0 Å². The molecular weight excluding hydrogens is 310 g/mol. The molecule has 0 bridgehead atoms. The Kier molecular flexibility index (Phi) is 5.79. The van der Waals surface area contributed by atoms with Gasteiger partial charge in [-0.1, -0.05) is 26.0 Å². The highest BCUT2D eigenvalue weighted by Gasteiger charge is 2.32. The van der Waals surface area contributed by atoms with Crippen molar-refractivity contribution >= 4 is 10.0 Å². The lowest BCUT2D eigenvalue weighted by Gasteiger charge is -2.32. The van der Waals surface area contributed by atoms with E-state index in [1.54, 1.807) is 16.4 Å². The number of rotatable bonds is 5. The molecule has 0 spiro atoms. The van der Waals surface area contributed by atoms with Crippen LogP contribution in [0.2, 0.25) is 0 Å². The Morgan fingerprint density at radius 1 is 1.22 bits per heavy atom. The third kappa shape index (κ3) is 3.92. The number of hydrogen-bond acceptors (Lipinski definition) is 3. The molecule has 0 amide bonds. The van der Waals surface area contributed by atoms with Crippen LogP contribution in [0.25, 0.3) is 0 Å². The van der Waals surface area contributed by atoms with Crippen molar-refractivity contribution in [3.8, 4) is 6.07 Å². The topological polar surface area (TPSA) is 65.6 Å². The molecule has 2 rings (SSSR count). The number of nitriles is 1. The molecule has 1 aromatic carbocycles. The van der Waals surface area contributed by atoms with E-state index in [2.05, 4.69) is 19.9 Å². The number of quaternary nitrogens is 1. The zero-order chi connectivity index (χ0) is 17.0. The molecule has 23 heavy (non-hydrogen) atoms. The van der Waals surface area contributed by atoms with Gasteiger partial charge in [-0.3, -0.25) is 0 Å². The van der Waals surface area contributed by atoms with Gasteiger partial charge in [-0.25, -0.2) is 8.42 Å². The van der Waals surface area contributed by atoms with Crippen LogP contribution in [0.15, 0.2) is 29.2 Å². The Hall–Kier alpha value is -1.42.